The molecule has 0 heterocycles. The maximum Gasteiger partial charge on any atom is 0.165 e. The molecule has 0 aromatic heterocycles. The van der Waals surface area contributed by atoms with Gasteiger partial charge >= 0.3 is 0 Å². The molecule has 18 heavy (non-hydrogen) atoms. The topological polar surface area (TPSA) is 29.5 Å². The Kier molecular flexibility index (Phi) is 4.60. The highest BCUT2D eigenvalue weighted by molar-refractivity contribution is 5.40. The van der Waals surface area contributed by atoms with Gasteiger partial charge < -0.3 is 9.84 Å². The minimum absolute atomic E-state index is 0.0406. The van der Waals surface area contributed by atoms with Crippen LogP contribution in [0, 0.1) is 23.6 Å². The Hall–Kier alpha value is -1.53. The summed E-state index contributed by atoms with van der Waals surface area (Å²) < 4.78 is 18.9. The Labute approximate surface area is 107 Å². The number of hydrogen-bond acceptors (Lipinski definition) is 2. The van der Waals surface area contributed by atoms with Crippen LogP contribution in [0.1, 0.15) is 31.2 Å². The second-order valence-electron chi connectivity index (χ2n) is 4.50. The zero-order chi connectivity index (χ0) is 12.8. The maximum absolute atomic E-state index is 13.5. The van der Waals surface area contributed by atoms with Gasteiger partial charge in [-0.15, -0.1) is 0 Å². The fourth-order valence-corrected chi connectivity index (χ4v) is 1.65. The van der Waals surface area contributed by atoms with Gasteiger partial charge in [0.2, 0.25) is 0 Å². The first-order valence-electron chi connectivity index (χ1n) is 6.31. The van der Waals surface area contributed by atoms with E-state index in [1.807, 2.05) is 0 Å². The molecule has 2 rings (SSSR count). The van der Waals surface area contributed by atoms with E-state index in [2.05, 4.69) is 11.8 Å². The van der Waals surface area contributed by atoms with Crippen molar-refractivity contribution in [3.63, 3.8) is 0 Å². The van der Waals surface area contributed by atoms with Gasteiger partial charge in [-0.25, -0.2) is 4.39 Å². The molecular formula is C15H17FO2. The first-order chi connectivity index (χ1) is 8.79. The Balaban J connectivity index is 1.94. The first kappa shape index (κ1) is 12.9. The van der Waals surface area contributed by atoms with E-state index in [0.29, 0.717) is 18.6 Å². The lowest BCUT2D eigenvalue weighted by Gasteiger charge is -2.07. The van der Waals surface area contributed by atoms with Gasteiger partial charge in [-0.1, -0.05) is 24.7 Å². The molecule has 0 unspecified atom stereocenters. The van der Waals surface area contributed by atoms with Gasteiger partial charge in [0.1, 0.15) is 0 Å². The largest absolute Gasteiger partial charge is 0.490 e. The Morgan fingerprint density at radius 3 is 2.94 bits per heavy atom. The number of ether oxygens (including phenoxy) is 1. The number of aliphatic hydroxyl groups excluding tert-OH is 1. The maximum atomic E-state index is 13.5. The van der Waals surface area contributed by atoms with Crippen molar-refractivity contribution in [2.75, 3.05) is 13.2 Å². The van der Waals surface area contributed by atoms with E-state index >= 15 is 0 Å². The average molecular weight is 248 g/mol. The third-order valence-electron chi connectivity index (χ3n) is 2.88. The van der Waals surface area contributed by atoms with Crippen LogP contribution in [0.25, 0.3) is 0 Å². The van der Waals surface area contributed by atoms with E-state index in [4.69, 9.17) is 9.84 Å². The highest BCUT2D eigenvalue weighted by Gasteiger charge is 2.20. The summed E-state index contributed by atoms with van der Waals surface area (Å²) in [6, 6.07) is 4.61. The quantitative estimate of drug-likeness (QED) is 0.812. The van der Waals surface area contributed by atoms with E-state index in [9.17, 15) is 4.39 Å². The van der Waals surface area contributed by atoms with Crippen LogP contribution in [0.3, 0.4) is 0 Å². The molecule has 0 spiro atoms. The highest BCUT2D eigenvalue weighted by Crippen LogP contribution is 2.32. The molecule has 0 amide bonds. The van der Waals surface area contributed by atoms with Crippen molar-refractivity contribution in [3.05, 3.63) is 29.6 Å². The molecule has 0 saturated heterocycles. The van der Waals surface area contributed by atoms with E-state index < -0.39 is 0 Å². The molecule has 1 aliphatic rings. The molecule has 1 N–H and O–H groups in total. The summed E-state index contributed by atoms with van der Waals surface area (Å²) in [6.45, 7) is 0.605. The van der Waals surface area contributed by atoms with Crippen LogP contribution >= 0.6 is 0 Å². The molecule has 1 aliphatic carbocycles. The number of rotatable bonds is 5. The normalized spacial score (nSPS) is 13.9. The predicted molar refractivity (Wildman–Crippen MR) is 67.8 cm³/mol. The van der Waals surface area contributed by atoms with Crippen molar-refractivity contribution in [1.29, 1.82) is 0 Å². The Morgan fingerprint density at radius 1 is 1.39 bits per heavy atom. The number of benzene rings is 1. The van der Waals surface area contributed by atoms with Gasteiger partial charge in [-0.3, -0.25) is 0 Å². The van der Waals surface area contributed by atoms with Gasteiger partial charge in [-0.05, 0) is 30.5 Å². The molecule has 0 radical (unpaired) electrons. The molecule has 0 bridgehead atoms. The SMILES string of the molecule is OCCC#Cc1ccc(F)c(OCCC2CC2)c1. The number of hydrogen-bond donors (Lipinski definition) is 1. The summed E-state index contributed by atoms with van der Waals surface area (Å²) in [7, 11) is 0. The minimum atomic E-state index is -0.349. The van der Waals surface area contributed by atoms with Crippen LogP contribution in [-0.4, -0.2) is 18.3 Å². The summed E-state index contributed by atoms with van der Waals surface area (Å²) in [5.41, 5.74) is 0.714. The van der Waals surface area contributed by atoms with E-state index in [1.165, 1.54) is 18.9 Å². The molecule has 1 fully saturated rings. The molecule has 1 saturated carbocycles. The zero-order valence-electron chi connectivity index (χ0n) is 10.3. The molecule has 2 nitrogen and oxygen atoms in total. The van der Waals surface area contributed by atoms with Crippen LogP contribution in [0.4, 0.5) is 4.39 Å². The predicted octanol–water partition coefficient (Wildman–Crippen LogP) is 2.74. The van der Waals surface area contributed by atoms with E-state index in [0.717, 1.165) is 12.3 Å². The number of halogens is 1. The molecule has 96 valence electrons. The molecule has 1 aromatic carbocycles. The van der Waals surface area contributed by atoms with Gasteiger partial charge in [0, 0.05) is 12.0 Å². The van der Waals surface area contributed by atoms with Crippen molar-refractivity contribution in [2.45, 2.75) is 25.7 Å². The zero-order valence-corrected chi connectivity index (χ0v) is 10.3. The van der Waals surface area contributed by atoms with E-state index in [-0.39, 0.29) is 18.2 Å². The smallest absolute Gasteiger partial charge is 0.165 e. The highest BCUT2D eigenvalue weighted by atomic mass is 19.1. The standard InChI is InChI=1S/C15H17FO2/c16-14-7-6-13(3-1-2-9-17)11-15(14)18-10-8-12-4-5-12/h6-7,11-12,17H,2,4-5,8-10H2. The minimum Gasteiger partial charge on any atom is -0.490 e. The first-order valence-corrected chi connectivity index (χ1v) is 6.31. The lowest BCUT2D eigenvalue weighted by Crippen LogP contribution is -2.00. The Bertz CT molecular complexity index is 455. The molecule has 3 heteroatoms. The summed E-state index contributed by atoms with van der Waals surface area (Å²) in [6.07, 6.45) is 3.98. The summed E-state index contributed by atoms with van der Waals surface area (Å²) in [5.74, 6) is 6.37. The van der Waals surface area contributed by atoms with Gasteiger partial charge in [-0.2, -0.15) is 0 Å². The van der Waals surface area contributed by atoms with Crippen LogP contribution in [0.15, 0.2) is 18.2 Å². The van der Waals surface area contributed by atoms with E-state index in [1.54, 1.807) is 12.1 Å². The molecule has 1 aromatic rings. The molecular weight excluding hydrogens is 231 g/mol. The summed E-state index contributed by atoms with van der Waals surface area (Å²) >= 11 is 0. The fraction of sp³-hybridized carbons (Fsp3) is 0.467. The number of aliphatic hydroxyl groups is 1. The van der Waals surface area contributed by atoms with Crippen LogP contribution in [-0.2, 0) is 0 Å². The second-order valence-corrected chi connectivity index (χ2v) is 4.50. The summed E-state index contributed by atoms with van der Waals surface area (Å²) in [4.78, 5) is 0. The van der Waals surface area contributed by atoms with Crippen molar-refractivity contribution in [3.8, 4) is 17.6 Å². The second kappa shape index (κ2) is 6.42. The third kappa shape index (κ3) is 4.05. The van der Waals surface area contributed by atoms with Crippen molar-refractivity contribution in [1.82, 2.24) is 0 Å². The third-order valence-corrected chi connectivity index (χ3v) is 2.88. The van der Waals surface area contributed by atoms with Gasteiger partial charge in [0.05, 0.1) is 13.2 Å². The van der Waals surface area contributed by atoms with Crippen LogP contribution < -0.4 is 4.74 Å². The molecule has 0 atom stereocenters. The summed E-state index contributed by atoms with van der Waals surface area (Å²) in [5, 5.41) is 8.63. The molecule has 0 aliphatic heterocycles. The van der Waals surface area contributed by atoms with Crippen LogP contribution in [0.5, 0.6) is 5.75 Å². The van der Waals surface area contributed by atoms with Crippen LogP contribution in [0.2, 0.25) is 0 Å². The van der Waals surface area contributed by atoms with Gasteiger partial charge in [0.25, 0.3) is 0 Å². The average Bonchev–Trinajstić information content (AvgIpc) is 3.17. The monoisotopic (exact) mass is 248 g/mol. The van der Waals surface area contributed by atoms with Crippen molar-refractivity contribution >= 4 is 0 Å². The lowest BCUT2D eigenvalue weighted by atomic mass is 10.2. The van der Waals surface area contributed by atoms with Gasteiger partial charge in [0.15, 0.2) is 11.6 Å². The van der Waals surface area contributed by atoms with Crippen molar-refractivity contribution in [2.24, 2.45) is 5.92 Å². The Morgan fingerprint density at radius 2 is 2.22 bits per heavy atom. The van der Waals surface area contributed by atoms with Crippen molar-refractivity contribution < 1.29 is 14.2 Å². The lowest BCUT2D eigenvalue weighted by molar-refractivity contribution is 0.288. The fourth-order valence-electron chi connectivity index (χ4n) is 1.65.